The van der Waals surface area contributed by atoms with Gasteiger partial charge in [-0.15, -0.1) is 0 Å². The maximum atomic E-state index is 10.8. The number of esters is 1. The summed E-state index contributed by atoms with van der Waals surface area (Å²) in [5, 5.41) is 0. The average Bonchev–Trinajstić information content (AvgIpc) is 1.87. The summed E-state index contributed by atoms with van der Waals surface area (Å²) in [6, 6.07) is 0. The Balaban J connectivity index is 4.04. The van der Waals surface area contributed by atoms with Gasteiger partial charge in [-0.1, -0.05) is 36.7 Å². The van der Waals surface area contributed by atoms with Gasteiger partial charge >= 0.3 is 5.97 Å². The van der Waals surface area contributed by atoms with Crippen LogP contribution >= 0.6 is 23.2 Å². The van der Waals surface area contributed by atoms with Crippen molar-refractivity contribution in [3.05, 3.63) is 12.2 Å². The van der Waals surface area contributed by atoms with Crippen LogP contribution in [0.2, 0.25) is 0 Å². The van der Waals surface area contributed by atoms with Gasteiger partial charge < -0.3 is 4.74 Å². The molecule has 0 heterocycles. The molecule has 0 aromatic heterocycles. The van der Waals surface area contributed by atoms with Crippen LogP contribution in [0, 0.1) is 0 Å². The molecular formula is C7H10Cl2O2. The highest BCUT2D eigenvalue weighted by Crippen LogP contribution is 2.27. The fourth-order valence-electron chi connectivity index (χ4n) is 0.295. The van der Waals surface area contributed by atoms with E-state index in [1.807, 2.05) is 0 Å². The first-order valence-electron chi connectivity index (χ1n) is 3.15. The van der Waals surface area contributed by atoms with Crippen LogP contribution < -0.4 is 0 Å². The normalized spacial score (nSPS) is 10.9. The van der Waals surface area contributed by atoms with Gasteiger partial charge in [0.2, 0.25) is 0 Å². The second kappa shape index (κ2) is 3.98. The molecule has 4 heteroatoms. The lowest BCUT2D eigenvalue weighted by Crippen LogP contribution is -2.21. The molecular weight excluding hydrogens is 187 g/mol. The van der Waals surface area contributed by atoms with Crippen LogP contribution in [0.3, 0.4) is 0 Å². The summed E-state index contributed by atoms with van der Waals surface area (Å²) in [4.78, 5) is 10.8. The summed E-state index contributed by atoms with van der Waals surface area (Å²) in [5.74, 6) is -0.572. The maximum absolute atomic E-state index is 10.8. The number of ether oxygens (including phenoxy) is 1. The van der Waals surface area contributed by atoms with Gasteiger partial charge in [0.25, 0.3) is 4.52 Å². The Morgan fingerprint density at radius 2 is 2.09 bits per heavy atom. The van der Waals surface area contributed by atoms with Crippen LogP contribution in [0.1, 0.15) is 20.3 Å². The lowest BCUT2D eigenvalue weighted by Gasteiger charge is -2.17. The van der Waals surface area contributed by atoms with Crippen molar-refractivity contribution in [3.8, 4) is 0 Å². The molecule has 0 N–H and O–H groups in total. The Morgan fingerprint density at radius 3 is 2.36 bits per heavy atom. The van der Waals surface area contributed by atoms with Crippen LogP contribution in [0.4, 0.5) is 0 Å². The molecule has 11 heavy (non-hydrogen) atoms. The minimum Gasteiger partial charge on any atom is -0.425 e. The van der Waals surface area contributed by atoms with E-state index in [9.17, 15) is 4.79 Å². The van der Waals surface area contributed by atoms with E-state index >= 15 is 0 Å². The number of hydrogen-bond donors (Lipinski definition) is 0. The fourth-order valence-corrected chi connectivity index (χ4v) is 0.435. The monoisotopic (exact) mass is 196 g/mol. The molecule has 0 saturated heterocycles. The first-order valence-corrected chi connectivity index (χ1v) is 3.91. The topological polar surface area (TPSA) is 26.3 Å². The molecule has 64 valence electrons. The molecule has 0 aromatic rings. The SMILES string of the molecule is C=C(C)C(=O)OC(Cl)(Cl)CC. The highest BCUT2D eigenvalue weighted by Gasteiger charge is 2.26. The third-order valence-electron chi connectivity index (χ3n) is 1.00. The van der Waals surface area contributed by atoms with Gasteiger partial charge in [0.05, 0.1) is 0 Å². The molecule has 0 saturated carbocycles. The molecule has 0 atom stereocenters. The minimum atomic E-state index is -1.42. The maximum Gasteiger partial charge on any atom is 0.335 e. The molecule has 2 nitrogen and oxygen atoms in total. The lowest BCUT2D eigenvalue weighted by atomic mass is 10.4. The number of hydrogen-bond acceptors (Lipinski definition) is 2. The highest BCUT2D eigenvalue weighted by atomic mass is 35.5. The molecule has 0 rings (SSSR count). The van der Waals surface area contributed by atoms with Crippen LogP contribution in [0.15, 0.2) is 12.2 Å². The van der Waals surface area contributed by atoms with Gasteiger partial charge in [0.1, 0.15) is 0 Å². The van der Waals surface area contributed by atoms with Crippen molar-refractivity contribution in [1.82, 2.24) is 0 Å². The Labute approximate surface area is 76.1 Å². The number of carbonyl (C=O) groups is 1. The average molecular weight is 197 g/mol. The third-order valence-corrected chi connectivity index (χ3v) is 1.69. The largest absolute Gasteiger partial charge is 0.425 e. The van der Waals surface area contributed by atoms with Crippen LogP contribution in [0.25, 0.3) is 0 Å². The second-order valence-corrected chi connectivity index (χ2v) is 3.58. The molecule has 0 aromatic carbocycles. The van der Waals surface area contributed by atoms with Crippen LogP contribution in [0.5, 0.6) is 0 Å². The standard InChI is InChI=1S/C7H10Cl2O2/c1-4-7(8,9)11-6(10)5(2)3/h2,4H2,1,3H3. The van der Waals surface area contributed by atoms with E-state index in [4.69, 9.17) is 23.2 Å². The van der Waals surface area contributed by atoms with Crippen molar-refractivity contribution in [1.29, 1.82) is 0 Å². The van der Waals surface area contributed by atoms with E-state index in [1.165, 1.54) is 6.92 Å². The number of rotatable bonds is 3. The summed E-state index contributed by atoms with van der Waals surface area (Å²) < 4.78 is 3.22. The molecule has 0 aliphatic heterocycles. The highest BCUT2D eigenvalue weighted by molar-refractivity contribution is 6.47. The zero-order valence-electron chi connectivity index (χ0n) is 6.49. The van der Waals surface area contributed by atoms with Crippen molar-refractivity contribution in [3.63, 3.8) is 0 Å². The Kier molecular flexibility index (Phi) is 3.90. The summed E-state index contributed by atoms with van der Waals surface area (Å²) >= 11 is 11.1. The van der Waals surface area contributed by atoms with Crippen molar-refractivity contribution in [2.45, 2.75) is 24.8 Å². The van der Waals surface area contributed by atoms with E-state index in [2.05, 4.69) is 11.3 Å². The van der Waals surface area contributed by atoms with Gasteiger partial charge in [-0.25, -0.2) is 4.79 Å². The molecule has 0 unspecified atom stereocenters. The molecule has 0 aliphatic rings. The summed E-state index contributed by atoms with van der Waals surface area (Å²) in [5.41, 5.74) is 0.282. The summed E-state index contributed by atoms with van der Waals surface area (Å²) in [6.07, 6.45) is 0.342. The fraction of sp³-hybridized carbons (Fsp3) is 0.571. The number of alkyl halides is 2. The van der Waals surface area contributed by atoms with E-state index in [1.54, 1.807) is 6.92 Å². The summed E-state index contributed by atoms with van der Waals surface area (Å²) in [6.45, 7) is 6.63. The van der Waals surface area contributed by atoms with Crippen molar-refractivity contribution >= 4 is 29.2 Å². The second-order valence-electron chi connectivity index (χ2n) is 2.16. The van der Waals surface area contributed by atoms with Gasteiger partial charge in [-0.05, 0) is 6.92 Å². The number of carbonyl (C=O) groups excluding carboxylic acids is 1. The van der Waals surface area contributed by atoms with E-state index < -0.39 is 10.5 Å². The van der Waals surface area contributed by atoms with Crippen molar-refractivity contribution in [2.24, 2.45) is 0 Å². The predicted octanol–water partition coefficient (Wildman–Crippen LogP) is 2.65. The van der Waals surface area contributed by atoms with Crippen molar-refractivity contribution in [2.75, 3.05) is 0 Å². The minimum absolute atomic E-state index is 0.282. The molecule has 0 fully saturated rings. The molecule has 0 radical (unpaired) electrons. The zero-order valence-corrected chi connectivity index (χ0v) is 8.00. The predicted molar refractivity (Wildman–Crippen MR) is 45.6 cm³/mol. The van der Waals surface area contributed by atoms with Crippen LogP contribution in [-0.4, -0.2) is 10.5 Å². The Morgan fingerprint density at radius 1 is 1.64 bits per heavy atom. The Bertz CT molecular complexity index is 175. The van der Waals surface area contributed by atoms with E-state index in [0.29, 0.717) is 6.42 Å². The lowest BCUT2D eigenvalue weighted by molar-refractivity contribution is -0.142. The number of halogens is 2. The zero-order chi connectivity index (χ0) is 9.07. The molecule has 0 amide bonds. The molecule has 0 bridgehead atoms. The van der Waals surface area contributed by atoms with Gasteiger partial charge in [0, 0.05) is 12.0 Å². The molecule has 0 spiro atoms. The van der Waals surface area contributed by atoms with E-state index in [0.717, 1.165) is 0 Å². The van der Waals surface area contributed by atoms with Gasteiger partial charge in [-0.2, -0.15) is 0 Å². The van der Waals surface area contributed by atoms with Gasteiger partial charge in [0.15, 0.2) is 0 Å². The first-order chi connectivity index (χ1) is 4.89. The smallest absolute Gasteiger partial charge is 0.335 e. The van der Waals surface area contributed by atoms with E-state index in [-0.39, 0.29) is 5.57 Å². The Hall–Kier alpha value is -0.210. The summed E-state index contributed by atoms with van der Waals surface area (Å²) in [7, 11) is 0. The van der Waals surface area contributed by atoms with Crippen LogP contribution in [-0.2, 0) is 9.53 Å². The van der Waals surface area contributed by atoms with Crippen molar-refractivity contribution < 1.29 is 9.53 Å². The third kappa shape index (κ3) is 4.27. The molecule has 0 aliphatic carbocycles. The first kappa shape index (κ1) is 10.8. The quantitative estimate of drug-likeness (QED) is 0.395. The van der Waals surface area contributed by atoms with Gasteiger partial charge in [-0.3, -0.25) is 0 Å².